The third kappa shape index (κ3) is 11.1. The van der Waals surface area contributed by atoms with Crippen LogP contribution in [0.5, 0.6) is 0 Å². The lowest BCUT2D eigenvalue weighted by atomic mass is 9.87. The number of ketones is 1. The Bertz CT molecular complexity index is 885. The highest BCUT2D eigenvalue weighted by molar-refractivity contribution is 6.42. The first-order valence-corrected chi connectivity index (χ1v) is 10.8. The van der Waals surface area contributed by atoms with Gasteiger partial charge in [0, 0.05) is 18.5 Å². The second kappa shape index (κ2) is 12.7. The van der Waals surface area contributed by atoms with Gasteiger partial charge in [-0.15, -0.1) is 13.2 Å². The highest BCUT2D eigenvalue weighted by Crippen LogP contribution is 2.23. The van der Waals surface area contributed by atoms with Crippen LogP contribution in [0.25, 0.3) is 0 Å². The number of allylic oxidation sites excluding steroid dienone is 1. The first kappa shape index (κ1) is 30.9. The molecule has 10 nitrogen and oxygen atoms in total. The van der Waals surface area contributed by atoms with Crippen molar-refractivity contribution in [2.75, 3.05) is 13.2 Å². The minimum absolute atomic E-state index is 0.0910. The number of aliphatic hydroxyl groups excluding tert-OH is 1. The molecule has 1 aliphatic rings. The van der Waals surface area contributed by atoms with Crippen LogP contribution in [0.2, 0.25) is 0 Å². The molecule has 0 unspecified atom stereocenters. The smallest absolute Gasteiger partial charge is 0.506 e. The van der Waals surface area contributed by atoms with Crippen molar-refractivity contribution in [2.45, 2.75) is 64.9 Å². The van der Waals surface area contributed by atoms with Crippen molar-refractivity contribution in [3.05, 3.63) is 11.8 Å². The molecule has 15 heteroatoms. The molecule has 3 atom stereocenters. The van der Waals surface area contributed by atoms with E-state index in [0.29, 0.717) is 0 Å². The molecule has 0 aromatic rings. The van der Waals surface area contributed by atoms with Gasteiger partial charge in [0.1, 0.15) is 18.4 Å². The van der Waals surface area contributed by atoms with E-state index in [0.717, 1.165) is 0 Å². The molecule has 1 aliphatic heterocycles. The Kier molecular flexibility index (Phi) is 10.9. The van der Waals surface area contributed by atoms with Crippen LogP contribution in [0.4, 0.5) is 22.0 Å². The van der Waals surface area contributed by atoms with Gasteiger partial charge in [-0.05, 0) is 24.7 Å². The lowest BCUT2D eigenvalue weighted by molar-refractivity contribution is -0.321. The molecule has 0 bridgehead atoms. The minimum Gasteiger partial charge on any atom is -0.506 e. The van der Waals surface area contributed by atoms with Gasteiger partial charge < -0.3 is 21.1 Å². The number of ether oxygens (including phenoxy) is 1. The van der Waals surface area contributed by atoms with Crippen LogP contribution < -0.4 is 16.0 Å². The Morgan fingerprint density at radius 3 is 2.28 bits per heavy atom. The van der Waals surface area contributed by atoms with Crippen molar-refractivity contribution in [3.63, 3.8) is 0 Å². The number of nitrogens with one attached hydrogen (secondary N) is 4. The molecule has 0 aromatic heterocycles. The summed E-state index contributed by atoms with van der Waals surface area (Å²) in [5.41, 5.74) is -1.73. The van der Waals surface area contributed by atoms with E-state index in [4.69, 9.17) is 10.5 Å². The van der Waals surface area contributed by atoms with Gasteiger partial charge in [0.2, 0.25) is 11.8 Å². The summed E-state index contributed by atoms with van der Waals surface area (Å²) in [6.45, 7) is 3.88. The quantitative estimate of drug-likeness (QED) is 0.148. The average Bonchev–Trinajstić information content (AvgIpc) is 3.13. The van der Waals surface area contributed by atoms with E-state index >= 15 is 0 Å². The fourth-order valence-corrected chi connectivity index (χ4v) is 3.29. The van der Waals surface area contributed by atoms with Crippen molar-refractivity contribution in [3.8, 4) is 0 Å². The third-order valence-corrected chi connectivity index (χ3v) is 4.97. The number of hydrogen-bond donors (Lipinski definition) is 5. The van der Waals surface area contributed by atoms with Crippen LogP contribution in [0.15, 0.2) is 11.8 Å². The molecular weight excluding hydrogens is 499 g/mol. The van der Waals surface area contributed by atoms with E-state index in [2.05, 4.69) is 20.7 Å². The van der Waals surface area contributed by atoms with Crippen LogP contribution in [-0.2, 0) is 23.9 Å². The Labute approximate surface area is 203 Å². The largest absolute Gasteiger partial charge is 0.522 e. The van der Waals surface area contributed by atoms with Gasteiger partial charge in [-0.1, -0.05) is 20.8 Å². The number of amides is 3. The Morgan fingerprint density at radius 1 is 1.19 bits per heavy atom. The van der Waals surface area contributed by atoms with Gasteiger partial charge in [-0.2, -0.15) is 0 Å². The standard InChI is InChI=1S/C21H29F5N4O6/c1-20(2,3)8-13(30-18(34)11(27)7-14(31)16(22)23)19(35)29-12(6-10-4-5-28-17(10)33)15(32)9-36-21(24,25)26/h7,10,12-13,16,27,31H,4-6,8-9H2,1-3H3,(H,28,33)(H,29,35)(H,30,34)/b14-7-,27-11?/t10-,12-,13-/m0/s1. The van der Waals surface area contributed by atoms with E-state index < -0.39 is 77.8 Å². The van der Waals surface area contributed by atoms with Gasteiger partial charge in [-0.3, -0.25) is 29.3 Å². The minimum atomic E-state index is -5.12. The molecule has 0 aliphatic carbocycles. The molecule has 36 heavy (non-hydrogen) atoms. The maximum Gasteiger partial charge on any atom is 0.522 e. The van der Waals surface area contributed by atoms with Crippen molar-refractivity contribution < 1.29 is 51.0 Å². The lowest BCUT2D eigenvalue weighted by Crippen LogP contribution is -2.54. The number of halogens is 5. The van der Waals surface area contributed by atoms with Crippen LogP contribution >= 0.6 is 0 Å². The van der Waals surface area contributed by atoms with Crippen LogP contribution in [0, 0.1) is 16.7 Å². The molecule has 5 N–H and O–H groups in total. The molecule has 1 saturated heterocycles. The summed E-state index contributed by atoms with van der Waals surface area (Å²) in [6, 6.07) is -3.02. The fraction of sp³-hybridized carbons (Fsp3) is 0.667. The second-order valence-electron chi connectivity index (χ2n) is 9.35. The topological polar surface area (TPSA) is 158 Å². The van der Waals surface area contributed by atoms with Gasteiger partial charge in [0.25, 0.3) is 12.3 Å². The van der Waals surface area contributed by atoms with E-state index in [1.54, 1.807) is 20.8 Å². The number of alkyl halides is 5. The van der Waals surface area contributed by atoms with Crippen molar-refractivity contribution >= 4 is 29.2 Å². The molecule has 0 aromatic carbocycles. The van der Waals surface area contributed by atoms with Crippen LogP contribution in [0.3, 0.4) is 0 Å². The number of hydrogen-bond acceptors (Lipinski definition) is 7. The van der Waals surface area contributed by atoms with Crippen molar-refractivity contribution in [1.29, 1.82) is 5.41 Å². The zero-order chi connectivity index (χ0) is 27.8. The summed E-state index contributed by atoms with van der Waals surface area (Å²) in [5, 5.41) is 23.5. The normalized spacial score (nSPS) is 18.4. The lowest BCUT2D eigenvalue weighted by Gasteiger charge is -2.28. The van der Waals surface area contributed by atoms with Crippen molar-refractivity contribution in [1.82, 2.24) is 16.0 Å². The monoisotopic (exact) mass is 528 g/mol. The summed E-state index contributed by atoms with van der Waals surface area (Å²) >= 11 is 0. The Hall–Kier alpha value is -3.10. The Morgan fingerprint density at radius 2 is 1.81 bits per heavy atom. The van der Waals surface area contributed by atoms with E-state index in [9.17, 15) is 41.1 Å². The average molecular weight is 528 g/mol. The first-order valence-electron chi connectivity index (χ1n) is 10.8. The van der Waals surface area contributed by atoms with E-state index in [-0.39, 0.29) is 31.9 Å². The van der Waals surface area contributed by atoms with Crippen LogP contribution in [0.1, 0.15) is 40.0 Å². The molecule has 3 amide bonds. The fourth-order valence-electron chi connectivity index (χ4n) is 3.29. The van der Waals surface area contributed by atoms with Crippen molar-refractivity contribution in [2.24, 2.45) is 11.3 Å². The number of carbonyl (C=O) groups excluding carboxylic acids is 4. The third-order valence-electron chi connectivity index (χ3n) is 4.97. The number of Topliss-reactive ketones (excluding diaryl/α,β-unsaturated/α-hetero) is 1. The molecule has 1 rings (SSSR count). The summed E-state index contributed by atoms with van der Waals surface area (Å²) in [5.74, 6) is -6.24. The molecule has 0 saturated carbocycles. The predicted molar refractivity (Wildman–Crippen MR) is 115 cm³/mol. The predicted octanol–water partition coefficient (Wildman–Crippen LogP) is 1.75. The maximum atomic E-state index is 13.0. The maximum absolute atomic E-state index is 13.0. The highest BCUT2D eigenvalue weighted by Gasteiger charge is 2.36. The van der Waals surface area contributed by atoms with Gasteiger partial charge in [0.05, 0.1) is 6.04 Å². The molecule has 1 heterocycles. The van der Waals surface area contributed by atoms with Gasteiger partial charge in [-0.25, -0.2) is 8.78 Å². The SMILES string of the molecule is CC(C)(C)C[C@H](NC(=O)C(=N)/C=C(\O)C(F)F)C(=O)N[C@@H](C[C@@H]1CCNC1=O)C(=O)COC(F)(F)F. The number of aliphatic hydroxyl groups is 1. The number of carbonyl (C=O) groups is 4. The molecule has 1 fully saturated rings. The summed E-state index contributed by atoms with van der Waals surface area (Å²) in [6.07, 6.45) is -8.40. The summed E-state index contributed by atoms with van der Waals surface area (Å²) < 4.78 is 65.7. The zero-order valence-electron chi connectivity index (χ0n) is 19.8. The zero-order valence-corrected chi connectivity index (χ0v) is 19.8. The molecule has 0 spiro atoms. The van der Waals surface area contributed by atoms with Gasteiger partial charge in [0.15, 0.2) is 11.5 Å². The first-order chi connectivity index (χ1) is 16.4. The summed E-state index contributed by atoms with van der Waals surface area (Å²) in [7, 11) is 0. The van der Waals surface area contributed by atoms with Crippen LogP contribution in [-0.4, -0.2) is 72.3 Å². The summed E-state index contributed by atoms with van der Waals surface area (Å²) in [4.78, 5) is 49.6. The van der Waals surface area contributed by atoms with Gasteiger partial charge >= 0.3 is 6.36 Å². The van der Waals surface area contributed by atoms with E-state index in [1.165, 1.54) is 0 Å². The highest BCUT2D eigenvalue weighted by atomic mass is 19.4. The number of rotatable bonds is 12. The Balaban J connectivity index is 3.09. The molecular formula is C21H29F5N4O6. The molecule has 0 radical (unpaired) electrons. The van der Waals surface area contributed by atoms with E-state index in [1.807, 2.05) is 0 Å². The molecule has 204 valence electrons. The second-order valence-corrected chi connectivity index (χ2v) is 9.35.